The number of Topliss-reactive ketones (excluding diaryl/α,β-unsaturated/α-hetero) is 1. The molecule has 1 atom stereocenters. The lowest BCUT2D eigenvalue weighted by Crippen LogP contribution is -2.29. The second-order valence-electron chi connectivity index (χ2n) is 8.96. The van der Waals surface area contributed by atoms with Crippen LogP contribution in [0.2, 0.25) is 0 Å². The first-order valence-electron chi connectivity index (χ1n) is 11.2. The number of hydrogen-bond acceptors (Lipinski definition) is 5. The smallest absolute Gasteiger partial charge is 0.301 e. The van der Waals surface area contributed by atoms with Crippen molar-refractivity contribution in [1.82, 2.24) is 4.98 Å². The number of aliphatic hydroxyl groups excluding tert-OH is 1. The molecule has 5 rings (SSSR count). The van der Waals surface area contributed by atoms with E-state index in [0.717, 1.165) is 41.6 Å². The fraction of sp³-hybridized carbons (Fsp3) is 0.179. The molecule has 0 aliphatic carbocycles. The van der Waals surface area contributed by atoms with Crippen LogP contribution in [0.15, 0.2) is 60.2 Å². The van der Waals surface area contributed by atoms with Crippen LogP contribution in [-0.2, 0) is 9.59 Å². The molecular formula is C28H23IN2O3S. The molecule has 1 amide bonds. The molecule has 1 saturated heterocycles. The standard InChI is InChI=1S/C28H23IN2O3S/c1-14-5-6-16(3)20(12-14)25(32)22-24(18-7-9-19(29)10-8-18)31(27(34)26(22)33)28-30-23-17(4)11-15(2)13-21(23)35-28/h5-13,24,32H,1-4H3/b25-22+. The molecule has 0 bridgehead atoms. The van der Waals surface area contributed by atoms with Crippen LogP contribution in [0, 0.1) is 31.3 Å². The molecule has 1 aliphatic heterocycles. The topological polar surface area (TPSA) is 70.5 Å². The second kappa shape index (κ2) is 8.87. The summed E-state index contributed by atoms with van der Waals surface area (Å²) in [4.78, 5) is 33.2. The SMILES string of the molecule is Cc1ccc(C)c(/C(O)=C2\C(=O)C(=O)N(c3nc4c(C)cc(C)cc4s3)C2c2ccc(I)cc2)c1. The van der Waals surface area contributed by atoms with Crippen LogP contribution in [0.5, 0.6) is 0 Å². The predicted octanol–water partition coefficient (Wildman–Crippen LogP) is 6.76. The van der Waals surface area contributed by atoms with Crippen LogP contribution in [0.1, 0.15) is 39.4 Å². The number of rotatable bonds is 3. The highest BCUT2D eigenvalue weighted by atomic mass is 127. The lowest BCUT2D eigenvalue weighted by Gasteiger charge is -2.23. The molecule has 4 aromatic rings. The molecule has 1 aliphatic rings. The van der Waals surface area contributed by atoms with Crippen molar-refractivity contribution in [3.8, 4) is 0 Å². The van der Waals surface area contributed by atoms with E-state index in [9.17, 15) is 14.7 Å². The van der Waals surface area contributed by atoms with Crippen molar-refractivity contribution in [2.75, 3.05) is 4.90 Å². The summed E-state index contributed by atoms with van der Waals surface area (Å²) in [6, 6.07) is 16.6. The Hall–Kier alpha value is -3.04. The number of aliphatic hydroxyl groups is 1. The van der Waals surface area contributed by atoms with Gasteiger partial charge in [0, 0.05) is 9.13 Å². The molecule has 0 saturated carbocycles. The Balaban J connectivity index is 1.77. The first-order valence-corrected chi connectivity index (χ1v) is 13.1. The fourth-order valence-corrected chi connectivity index (χ4v) is 6.12. The van der Waals surface area contributed by atoms with Crippen molar-refractivity contribution in [3.05, 3.63) is 97.1 Å². The van der Waals surface area contributed by atoms with Crippen molar-refractivity contribution < 1.29 is 14.7 Å². The number of aromatic nitrogens is 1. The van der Waals surface area contributed by atoms with Gasteiger partial charge in [0.1, 0.15) is 5.76 Å². The zero-order valence-electron chi connectivity index (χ0n) is 19.7. The maximum Gasteiger partial charge on any atom is 0.301 e. The number of fused-ring (bicyclic) bond motifs is 1. The van der Waals surface area contributed by atoms with E-state index >= 15 is 0 Å². The molecule has 1 aromatic heterocycles. The number of halogens is 1. The van der Waals surface area contributed by atoms with E-state index in [4.69, 9.17) is 4.98 Å². The van der Waals surface area contributed by atoms with Gasteiger partial charge < -0.3 is 5.11 Å². The number of anilines is 1. The van der Waals surface area contributed by atoms with Gasteiger partial charge in [0.05, 0.1) is 21.8 Å². The van der Waals surface area contributed by atoms with Gasteiger partial charge in [-0.1, -0.05) is 47.2 Å². The number of carbonyl (C=O) groups excluding carboxylic acids is 2. The number of ketones is 1. The Morgan fingerprint density at radius 1 is 0.943 bits per heavy atom. The second-order valence-corrected chi connectivity index (χ2v) is 11.2. The summed E-state index contributed by atoms with van der Waals surface area (Å²) in [6.07, 6.45) is 0. The highest BCUT2D eigenvalue weighted by Gasteiger charge is 2.48. The lowest BCUT2D eigenvalue weighted by atomic mass is 9.93. The van der Waals surface area contributed by atoms with E-state index in [1.54, 1.807) is 0 Å². The van der Waals surface area contributed by atoms with Gasteiger partial charge in [-0.2, -0.15) is 0 Å². The monoisotopic (exact) mass is 594 g/mol. The highest BCUT2D eigenvalue weighted by Crippen LogP contribution is 2.45. The van der Waals surface area contributed by atoms with Crippen molar-refractivity contribution in [3.63, 3.8) is 0 Å². The van der Waals surface area contributed by atoms with E-state index in [2.05, 4.69) is 28.7 Å². The molecule has 7 heteroatoms. The minimum Gasteiger partial charge on any atom is -0.507 e. The number of amides is 1. The van der Waals surface area contributed by atoms with Gasteiger partial charge in [0.25, 0.3) is 5.78 Å². The van der Waals surface area contributed by atoms with E-state index in [1.807, 2.05) is 76.2 Å². The first-order chi connectivity index (χ1) is 16.7. The average Bonchev–Trinajstić information content (AvgIpc) is 3.34. The summed E-state index contributed by atoms with van der Waals surface area (Å²) in [5, 5.41) is 11.9. The summed E-state index contributed by atoms with van der Waals surface area (Å²) in [5.41, 5.74) is 6.08. The normalized spacial score (nSPS) is 17.5. The number of aryl methyl sites for hydroxylation is 4. The van der Waals surface area contributed by atoms with Crippen molar-refractivity contribution in [1.29, 1.82) is 0 Å². The quantitative estimate of drug-likeness (QED) is 0.123. The van der Waals surface area contributed by atoms with Gasteiger partial charge in [-0.25, -0.2) is 4.98 Å². The van der Waals surface area contributed by atoms with Crippen LogP contribution >= 0.6 is 33.9 Å². The third-order valence-electron chi connectivity index (χ3n) is 6.30. The Morgan fingerprint density at radius 2 is 1.66 bits per heavy atom. The Morgan fingerprint density at radius 3 is 2.37 bits per heavy atom. The number of carbonyl (C=O) groups is 2. The number of hydrogen-bond donors (Lipinski definition) is 1. The Kier molecular flexibility index (Phi) is 6.01. The maximum atomic E-state index is 13.5. The van der Waals surface area contributed by atoms with Crippen LogP contribution < -0.4 is 4.90 Å². The predicted molar refractivity (Wildman–Crippen MR) is 149 cm³/mol. The third-order valence-corrected chi connectivity index (χ3v) is 8.02. The molecule has 1 N–H and O–H groups in total. The zero-order chi connectivity index (χ0) is 25.0. The van der Waals surface area contributed by atoms with Gasteiger partial charge in [0.15, 0.2) is 5.13 Å². The molecule has 3 aromatic carbocycles. The fourth-order valence-electron chi connectivity index (χ4n) is 4.59. The van der Waals surface area contributed by atoms with Crippen molar-refractivity contribution in [2.24, 2.45) is 0 Å². The van der Waals surface area contributed by atoms with Crippen molar-refractivity contribution >= 4 is 66.7 Å². The average molecular weight is 594 g/mol. The minimum atomic E-state index is -0.783. The molecule has 176 valence electrons. The summed E-state index contributed by atoms with van der Waals surface area (Å²) < 4.78 is 1.99. The zero-order valence-corrected chi connectivity index (χ0v) is 22.7. The minimum absolute atomic E-state index is 0.0806. The molecule has 0 radical (unpaired) electrons. The maximum absolute atomic E-state index is 13.5. The van der Waals surface area contributed by atoms with Crippen LogP contribution in [-0.4, -0.2) is 21.8 Å². The van der Waals surface area contributed by atoms with E-state index in [-0.39, 0.29) is 11.3 Å². The molecule has 5 nitrogen and oxygen atoms in total. The number of thiazole rings is 1. The first kappa shape index (κ1) is 23.7. The summed E-state index contributed by atoms with van der Waals surface area (Å²) in [5.74, 6) is -1.56. The molecule has 2 heterocycles. The number of nitrogens with zero attached hydrogens (tertiary/aromatic N) is 2. The Labute approximate surface area is 221 Å². The summed E-state index contributed by atoms with van der Waals surface area (Å²) in [6.45, 7) is 7.82. The van der Waals surface area contributed by atoms with E-state index < -0.39 is 17.7 Å². The van der Waals surface area contributed by atoms with Gasteiger partial charge in [-0.3, -0.25) is 14.5 Å². The highest BCUT2D eigenvalue weighted by molar-refractivity contribution is 14.1. The van der Waals surface area contributed by atoms with Crippen LogP contribution in [0.3, 0.4) is 0 Å². The summed E-state index contributed by atoms with van der Waals surface area (Å²) in [7, 11) is 0. The van der Waals surface area contributed by atoms with E-state index in [0.29, 0.717) is 10.7 Å². The molecule has 0 spiro atoms. The van der Waals surface area contributed by atoms with Gasteiger partial charge in [0.2, 0.25) is 0 Å². The molecular weight excluding hydrogens is 571 g/mol. The lowest BCUT2D eigenvalue weighted by molar-refractivity contribution is -0.132. The Bertz CT molecular complexity index is 1550. The van der Waals surface area contributed by atoms with Gasteiger partial charge in [-0.15, -0.1) is 0 Å². The van der Waals surface area contributed by atoms with Crippen LogP contribution in [0.4, 0.5) is 5.13 Å². The molecule has 35 heavy (non-hydrogen) atoms. The summed E-state index contributed by atoms with van der Waals surface area (Å²) >= 11 is 3.60. The van der Waals surface area contributed by atoms with E-state index in [1.165, 1.54) is 16.2 Å². The third kappa shape index (κ3) is 4.06. The van der Waals surface area contributed by atoms with Gasteiger partial charge in [-0.05, 0) is 96.8 Å². The number of benzene rings is 3. The van der Waals surface area contributed by atoms with Gasteiger partial charge >= 0.3 is 5.91 Å². The largest absolute Gasteiger partial charge is 0.507 e. The molecule has 1 fully saturated rings. The van der Waals surface area contributed by atoms with Crippen molar-refractivity contribution in [2.45, 2.75) is 33.7 Å². The van der Waals surface area contributed by atoms with Crippen LogP contribution in [0.25, 0.3) is 16.0 Å². The molecule has 1 unspecified atom stereocenters.